The van der Waals surface area contributed by atoms with Crippen molar-refractivity contribution >= 4 is 0 Å². The van der Waals surface area contributed by atoms with Crippen molar-refractivity contribution in [3.8, 4) is 22.7 Å². The van der Waals surface area contributed by atoms with Crippen molar-refractivity contribution in [3.05, 3.63) is 96.4 Å². The Hall–Kier alpha value is -3.44. The molecule has 0 spiro atoms. The van der Waals surface area contributed by atoms with Crippen LogP contribution in [0.25, 0.3) is 16.9 Å². The van der Waals surface area contributed by atoms with Crippen LogP contribution in [0.3, 0.4) is 0 Å². The average Bonchev–Trinajstić information content (AvgIpc) is 3.20. The third-order valence-electron chi connectivity index (χ3n) is 4.70. The summed E-state index contributed by atoms with van der Waals surface area (Å²) in [6.07, 6.45) is 5.88. The minimum absolute atomic E-state index is 0.182. The van der Waals surface area contributed by atoms with Gasteiger partial charge >= 0.3 is 0 Å². The van der Waals surface area contributed by atoms with Crippen molar-refractivity contribution in [2.45, 2.75) is 33.0 Å². The SMILES string of the molecule is CC(C)Oc1ccc(CNCc2cn(-c3ccccc3)nc2-c2ccncc2)cc1. The maximum atomic E-state index is 5.72. The molecule has 4 aromatic rings. The Labute approximate surface area is 177 Å². The van der Waals surface area contributed by atoms with E-state index in [9.17, 15) is 0 Å². The molecule has 0 atom stereocenters. The Balaban J connectivity index is 1.49. The van der Waals surface area contributed by atoms with Gasteiger partial charge in [0.15, 0.2) is 0 Å². The first-order valence-corrected chi connectivity index (χ1v) is 10.2. The zero-order valence-corrected chi connectivity index (χ0v) is 17.3. The van der Waals surface area contributed by atoms with E-state index in [0.29, 0.717) is 6.54 Å². The number of nitrogens with one attached hydrogen (secondary N) is 1. The van der Waals surface area contributed by atoms with Gasteiger partial charge in [-0.05, 0) is 55.8 Å². The van der Waals surface area contributed by atoms with Gasteiger partial charge in [-0.25, -0.2) is 4.68 Å². The van der Waals surface area contributed by atoms with E-state index >= 15 is 0 Å². The van der Waals surface area contributed by atoms with Crippen LogP contribution >= 0.6 is 0 Å². The number of aromatic nitrogens is 3. The van der Waals surface area contributed by atoms with Gasteiger partial charge in [0, 0.05) is 42.8 Å². The number of pyridine rings is 1. The van der Waals surface area contributed by atoms with Gasteiger partial charge in [0.05, 0.1) is 17.5 Å². The molecule has 2 aromatic heterocycles. The predicted molar refractivity (Wildman–Crippen MR) is 120 cm³/mol. The first kappa shape index (κ1) is 19.9. The quantitative estimate of drug-likeness (QED) is 0.453. The summed E-state index contributed by atoms with van der Waals surface area (Å²) in [7, 11) is 0. The van der Waals surface area contributed by atoms with Crippen LogP contribution in [0, 0.1) is 0 Å². The van der Waals surface area contributed by atoms with Crippen molar-refractivity contribution in [2.75, 3.05) is 0 Å². The maximum Gasteiger partial charge on any atom is 0.119 e. The van der Waals surface area contributed by atoms with Crippen LogP contribution in [0.5, 0.6) is 5.75 Å². The molecule has 2 heterocycles. The van der Waals surface area contributed by atoms with Crippen LogP contribution in [-0.4, -0.2) is 20.9 Å². The second kappa shape index (κ2) is 9.37. The minimum Gasteiger partial charge on any atom is -0.491 e. The highest BCUT2D eigenvalue weighted by molar-refractivity contribution is 5.62. The Morgan fingerprint density at radius 1 is 0.900 bits per heavy atom. The van der Waals surface area contributed by atoms with Gasteiger partial charge in [-0.2, -0.15) is 5.10 Å². The molecule has 0 saturated heterocycles. The van der Waals surface area contributed by atoms with Crippen LogP contribution in [0.4, 0.5) is 0 Å². The predicted octanol–water partition coefficient (Wildman–Crippen LogP) is 5.01. The number of ether oxygens (including phenoxy) is 1. The average molecular weight is 399 g/mol. The molecule has 0 saturated carbocycles. The minimum atomic E-state index is 0.182. The molecule has 0 fully saturated rings. The van der Waals surface area contributed by atoms with Crippen molar-refractivity contribution < 1.29 is 4.74 Å². The van der Waals surface area contributed by atoms with Gasteiger partial charge in [0.2, 0.25) is 0 Å². The Kier molecular flexibility index (Phi) is 6.20. The van der Waals surface area contributed by atoms with Gasteiger partial charge in [0.1, 0.15) is 5.75 Å². The summed E-state index contributed by atoms with van der Waals surface area (Å²) in [5.41, 5.74) is 5.43. The maximum absolute atomic E-state index is 5.72. The normalized spacial score (nSPS) is 11.0. The van der Waals surface area contributed by atoms with E-state index in [2.05, 4.69) is 40.8 Å². The molecule has 0 aliphatic carbocycles. The van der Waals surface area contributed by atoms with Crippen LogP contribution in [0.15, 0.2) is 85.3 Å². The Morgan fingerprint density at radius 2 is 1.63 bits per heavy atom. The van der Waals surface area contributed by atoms with E-state index in [4.69, 9.17) is 9.84 Å². The molecule has 0 radical (unpaired) electrons. The molecular weight excluding hydrogens is 372 g/mol. The van der Waals surface area contributed by atoms with E-state index in [1.165, 1.54) is 5.56 Å². The molecule has 1 N–H and O–H groups in total. The smallest absolute Gasteiger partial charge is 0.119 e. The summed E-state index contributed by atoms with van der Waals surface area (Å²) in [5, 5.41) is 8.39. The summed E-state index contributed by atoms with van der Waals surface area (Å²) in [6, 6.07) is 22.4. The van der Waals surface area contributed by atoms with Crippen LogP contribution in [0.2, 0.25) is 0 Å². The van der Waals surface area contributed by atoms with E-state index in [-0.39, 0.29) is 6.10 Å². The van der Waals surface area contributed by atoms with Crippen molar-refractivity contribution in [1.82, 2.24) is 20.1 Å². The molecule has 2 aromatic carbocycles. The molecule has 152 valence electrons. The highest BCUT2D eigenvalue weighted by Gasteiger charge is 2.12. The first-order chi connectivity index (χ1) is 14.7. The number of rotatable bonds is 8. The third kappa shape index (κ3) is 4.93. The number of nitrogens with zero attached hydrogens (tertiary/aromatic N) is 3. The van der Waals surface area contributed by atoms with Crippen LogP contribution < -0.4 is 10.1 Å². The van der Waals surface area contributed by atoms with E-state index in [0.717, 1.165) is 34.8 Å². The standard InChI is InChI=1S/C25H26N4O/c1-19(2)30-24-10-8-20(9-11-24)16-27-17-22-18-29(23-6-4-3-5-7-23)28-25(22)21-12-14-26-15-13-21/h3-15,18-19,27H,16-17H2,1-2H3. The summed E-state index contributed by atoms with van der Waals surface area (Å²) in [5.74, 6) is 0.901. The molecule has 0 aliphatic rings. The molecule has 30 heavy (non-hydrogen) atoms. The number of hydrogen-bond acceptors (Lipinski definition) is 4. The van der Waals surface area contributed by atoms with Gasteiger partial charge in [0.25, 0.3) is 0 Å². The van der Waals surface area contributed by atoms with Crippen molar-refractivity contribution in [3.63, 3.8) is 0 Å². The summed E-state index contributed by atoms with van der Waals surface area (Å²) in [4.78, 5) is 4.13. The van der Waals surface area contributed by atoms with E-state index < -0.39 is 0 Å². The van der Waals surface area contributed by atoms with Gasteiger partial charge in [-0.3, -0.25) is 4.98 Å². The van der Waals surface area contributed by atoms with E-state index in [1.807, 2.05) is 61.0 Å². The molecule has 0 unspecified atom stereocenters. The number of para-hydroxylation sites is 1. The van der Waals surface area contributed by atoms with E-state index in [1.54, 1.807) is 12.4 Å². The fourth-order valence-corrected chi connectivity index (χ4v) is 3.30. The zero-order valence-electron chi connectivity index (χ0n) is 17.3. The molecule has 5 nitrogen and oxygen atoms in total. The monoisotopic (exact) mass is 398 g/mol. The van der Waals surface area contributed by atoms with Gasteiger partial charge in [-0.1, -0.05) is 30.3 Å². The lowest BCUT2D eigenvalue weighted by Gasteiger charge is -2.10. The molecule has 4 rings (SSSR count). The summed E-state index contributed by atoms with van der Waals surface area (Å²) in [6.45, 7) is 5.56. The fraction of sp³-hybridized carbons (Fsp3) is 0.200. The highest BCUT2D eigenvalue weighted by Crippen LogP contribution is 2.23. The Morgan fingerprint density at radius 3 is 2.33 bits per heavy atom. The molecule has 5 heteroatoms. The molecule has 0 amide bonds. The van der Waals surface area contributed by atoms with Gasteiger partial charge < -0.3 is 10.1 Å². The Bertz CT molecular complexity index is 1060. The lowest BCUT2D eigenvalue weighted by molar-refractivity contribution is 0.242. The molecular formula is C25H26N4O. The number of hydrogen-bond donors (Lipinski definition) is 1. The third-order valence-corrected chi connectivity index (χ3v) is 4.70. The highest BCUT2D eigenvalue weighted by atomic mass is 16.5. The van der Waals surface area contributed by atoms with Crippen LogP contribution in [0.1, 0.15) is 25.0 Å². The summed E-state index contributed by atoms with van der Waals surface area (Å²) < 4.78 is 7.65. The fourth-order valence-electron chi connectivity index (χ4n) is 3.30. The van der Waals surface area contributed by atoms with Crippen LogP contribution in [-0.2, 0) is 13.1 Å². The molecule has 0 aliphatic heterocycles. The lowest BCUT2D eigenvalue weighted by atomic mass is 10.1. The number of benzene rings is 2. The van der Waals surface area contributed by atoms with Crippen molar-refractivity contribution in [2.24, 2.45) is 0 Å². The first-order valence-electron chi connectivity index (χ1n) is 10.2. The lowest BCUT2D eigenvalue weighted by Crippen LogP contribution is -2.13. The molecule has 0 bridgehead atoms. The zero-order chi connectivity index (χ0) is 20.8. The summed E-state index contributed by atoms with van der Waals surface area (Å²) >= 11 is 0. The van der Waals surface area contributed by atoms with Crippen molar-refractivity contribution in [1.29, 1.82) is 0 Å². The topological polar surface area (TPSA) is 52.0 Å². The second-order valence-corrected chi connectivity index (χ2v) is 7.43. The van der Waals surface area contributed by atoms with Gasteiger partial charge in [-0.15, -0.1) is 0 Å². The largest absolute Gasteiger partial charge is 0.491 e. The second-order valence-electron chi connectivity index (χ2n) is 7.43.